The maximum atomic E-state index is 12.9. The largest absolute Gasteiger partial charge is 0.318 e. The summed E-state index contributed by atoms with van der Waals surface area (Å²) in [7, 11) is 0. The molecule has 1 amide bonds. The molecule has 4 heterocycles. The third-order valence-corrected chi connectivity index (χ3v) is 5.73. The van der Waals surface area contributed by atoms with Gasteiger partial charge in [-0.3, -0.25) is 9.78 Å². The molecule has 0 atom stereocenters. The number of rotatable bonds is 4. The number of nitrogens with zero attached hydrogens (tertiary/aromatic N) is 4. The molecule has 0 spiro atoms. The molecule has 1 N–H and O–H groups in total. The second kappa shape index (κ2) is 7.77. The lowest BCUT2D eigenvalue weighted by atomic mass is 10.2. The van der Waals surface area contributed by atoms with Crippen molar-refractivity contribution in [3.05, 3.63) is 64.7 Å². The Hall–Kier alpha value is -2.64. The highest BCUT2D eigenvalue weighted by Crippen LogP contribution is 2.38. The van der Waals surface area contributed by atoms with Crippen LogP contribution in [-0.2, 0) is 5.75 Å². The summed E-state index contributed by atoms with van der Waals surface area (Å²) in [5.41, 5.74) is 3.04. The maximum absolute atomic E-state index is 12.9. The van der Waals surface area contributed by atoms with Crippen LogP contribution in [-0.4, -0.2) is 27.4 Å². The van der Waals surface area contributed by atoms with Crippen molar-refractivity contribution in [2.24, 2.45) is 0 Å². The molecule has 3 aromatic rings. The summed E-state index contributed by atoms with van der Waals surface area (Å²) in [5, 5.41) is 3.37. The van der Waals surface area contributed by atoms with Gasteiger partial charge in [0, 0.05) is 35.8 Å². The lowest BCUT2D eigenvalue weighted by molar-refractivity contribution is 0.102. The van der Waals surface area contributed by atoms with E-state index >= 15 is 0 Å². The Kier molecular flexibility index (Phi) is 5.19. The summed E-state index contributed by atoms with van der Waals surface area (Å²) in [4.78, 5) is 29.1. The number of aromatic nitrogens is 3. The van der Waals surface area contributed by atoms with Gasteiger partial charge in [0.2, 0.25) is 0 Å². The second-order valence-electron chi connectivity index (χ2n) is 6.35. The Morgan fingerprint density at radius 2 is 2.00 bits per heavy atom. The monoisotopic (exact) mass is 411 g/mol. The summed E-state index contributed by atoms with van der Waals surface area (Å²) in [6.07, 6.45) is 5.34. The highest BCUT2D eigenvalue weighted by Gasteiger charge is 2.28. The van der Waals surface area contributed by atoms with Crippen molar-refractivity contribution in [3.8, 4) is 0 Å². The van der Waals surface area contributed by atoms with Crippen LogP contribution in [0.15, 0.2) is 47.8 Å². The van der Waals surface area contributed by atoms with Gasteiger partial charge in [0.15, 0.2) is 5.82 Å². The topological polar surface area (TPSA) is 71.0 Å². The Morgan fingerprint density at radius 1 is 1.21 bits per heavy atom. The molecule has 0 saturated carbocycles. The number of thioether (sulfide) groups is 1. The van der Waals surface area contributed by atoms with Gasteiger partial charge in [0.25, 0.3) is 5.91 Å². The highest BCUT2D eigenvalue weighted by molar-refractivity contribution is 7.98. The van der Waals surface area contributed by atoms with Crippen LogP contribution < -0.4 is 10.2 Å². The van der Waals surface area contributed by atoms with Crippen LogP contribution in [0.4, 0.5) is 17.3 Å². The van der Waals surface area contributed by atoms with Crippen LogP contribution >= 0.6 is 23.4 Å². The molecule has 6 nitrogen and oxygen atoms in total. The Bertz CT molecular complexity index is 1040. The molecule has 0 aliphatic carbocycles. The van der Waals surface area contributed by atoms with Gasteiger partial charge in [0.05, 0.1) is 11.3 Å². The first kappa shape index (κ1) is 18.7. The number of carbonyl (C=O) groups excluding carboxylic acids is 1. The molecule has 0 aromatic carbocycles. The third kappa shape index (κ3) is 3.55. The van der Waals surface area contributed by atoms with E-state index in [-0.39, 0.29) is 5.91 Å². The molecule has 4 rings (SSSR count). The molecule has 142 valence electrons. The van der Waals surface area contributed by atoms with E-state index in [2.05, 4.69) is 20.3 Å². The van der Waals surface area contributed by atoms with E-state index < -0.39 is 0 Å². The number of anilines is 3. The van der Waals surface area contributed by atoms with Crippen LogP contribution in [0.2, 0.25) is 5.15 Å². The Labute approximate surface area is 172 Å². The predicted octanol–water partition coefficient (Wildman–Crippen LogP) is 4.85. The molecule has 28 heavy (non-hydrogen) atoms. The molecule has 0 fully saturated rings. The standard InChI is InChI=1S/C20H18ClN5OS/c1-3-26-18-15(20(27)25-17-12(2)8-16(21)24-19(17)26)9-13(10-23-18)11-28-14-4-6-22-7-5-14/h4-10H,3,11H2,1-2H3,(H,25,27). The molecule has 3 aromatic heterocycles. The number of fused-ring (bicyclic) bond motifs is 2. The zero-order valence-electron chi connectivity index (χ0n) is 15.4. The van der Waals surface area contributed by atoms with E-state index in [4.69, 9.17) is 11.6 Å². The minimum absolute atomic E-state index is 0.192. The number of aryl methyl sites for hydroxylation is 1. The predicted molar refractivity (Wildman–Crippen MR) is 113 cm³/mol. The number of pyridine rings is 3. The second-order valence-corrected chi connectivity index (χ2v) is 7.78. The number of amides is 1. The Balaban J connectivity index is 1.71. The van der Waals surface area contributed by atoms with Gasteiger partial charge in [-0.25, -0.2) is 9.97 Å². The summed E-state index contributed by atoms with van der Waals surface area (Å²) in [6, 6.07) is 7.57. The maximum Gasteiger partial charge on any atom is 0.259 e. The fourth-order valence-electron chi connectivity index (χ4n) is 3.11. The van der Waals surface area contributed by atoms with Gasteiger partial charge < -0.3 is 10.2 Å². The summed E-state index contributed by atoms with van der Waals surface area (Å²) >= 11 is 7.84. The molecular formula is C20H18ClN5OS. The summed E-state index contributed by atoms with van der Waals surface area (Å²) in [5.74, 6) is 1.72. The van der Waals surface area contributed by atoms with E-state index in [1.54, 1.807) is 30.2 Å². The van der Waals surface area contributed by atoms with Crippen molar-refractivity contribution in [2.75, 3.05) is 16.8 Å². The fourth-order valence-corrected chi connectivity index (χ4v) is 4.16. The van der Waals surface area contributed by atoms with E-state index in [9.17, 15) is 4.79 Å². The van der Waals surface area contributed by atoms with Gasteiger partial charge in [0.1, 0.15) is 11.0 Å². The van der Waals surface area contributed by atoms with Crippen LogP contribution in [0.5, 0.6) is 0 Å². The quantitative estimate of drug-likeness (QED) is 0.488. The summed E-state index contributed by atoms with van der Waals surface area (Å²) < 4.78 is 0. The number of hydrogen-bond acceptors (Lipinski definition) is 6. The van der Waals surface area contributed by atoms with E-state index in [0.29, 0.717) is 40.3 Å². The fraction of sp³-hybridized carbons (Fsp3) is 0.200. The number of halogens is 1. The Morgan fingerprint density at radius 3 is 2.75 bits per heavy atom. The number of carbonyl (C=O) groups is 1. The number of nitrogens with one attached hydrogen (secondary N) is 1. The lowest BCUT2D eigenvalue weighted by Crippen LogP contribution is -2.20. The third-order valence-electron chi connectivity index (χ3n) is 4.46. The molecule has 1 aliphatic rings. The molecule has 0 saturated heterocycles. The van der Waals surface area contributed by atoms with Crippen molar-refractivity contribution < 1.29 is 4.79 Å². The van der Waals surface area contributed by atoms with Crippen LogP contribution in [0.1, 0.15) is 28.4 Å². The van der Waals surface area contributed by atoms with Gasteiger partial charge >= 0.3 is 0 Å². The molecular weight excluding hydrogens is 394 g/mol. The van der Waals surface area contributed by atoms with Gasteiger partial charge in [-0.1, -0.05) is 11.6 Å². The van der Waals surface area contributed by atoms with E-state index in [1.807, 2.05) is 43.1 Å². The lowest BCUT2D eigenvalue weighted by Gasteiger charge is -2.23. The van der Waals surface area contributed by atoms with Gasteiger partial charge in [-0.05, 0) is 49.2 Å². The minimum atomic E-state index is -0.192. The first-order chi connectivity index (χ1) is 13.6. The van der Waals surface area contributed by atoms with Crippen LogP contribution in [0.25, 0.3) is 0 Å². The molecule has 8 heteroatoms. The first-order valence-electron chi connectivity index (χ1n) is 8.84. The SMILES string of the molecule is CCN1c2ncc(CSc3ccncc3)cc2C(=O)Nc2c(C)cc(Cl)nc21. The zero-order valence-corrected chi connectivity index (χ0v) is 17.0. The minimum Gasteiger partial charge on any atom is -0.318 e. The van der Waals surface area contributed by atoms with Crippen LogP contribution in [0.3, 0.4) is 0 Å². The van der Waals surface area contributed by atoms with Crippen molar-refractivity contribution in [1.29, 1.82) is 0 Å². The number of hydrogen-bond donors (Lipinski definition) is 1. The molecule has 0 unspecified atom stereocenters. The molecule has 1 aliphatic heterocycles. The summed E-state index contributed by atoms with van der Waals surface area (Å²) in [6.45, 7) is 4.51. The zero-order chi connectivity index (χ0) is 19.7. The van der Waals surface area contributed by atoms with Crippen molar-refractivity contribution in [2.45, 2.75) is 24.5 Å². The van der Waals surface area contributed by atoms with Gasteiger partial charge in [-0.2, -0.15) is 0 Å². The van der Waals surface area contributed by atoms with E-state index in [0.717, 1.165) is 16.0 Å². The van der Waals surface area contributed by atoms with Crippen LogP contribution in [0, 0.1) is 6.92 Å². The normalized spacial score (nSPS) is 12.8. The smallest absolute Gasteiger partial charge is 0.259 e. The van der Waals surface area contributed by atoms with Gasteiger partial charge in [-0.15, -0.1) is 11.8 Å². The van der Waals surface area contributed by atoms with E-state index in [1.165, 1.54) is 0 Å². The van der Waals surface area contributed by atoms with Crippen molar-refractivity contribution >= 4 is 46.6 Å². The average Bonchev–Trinajstić information content (AvgIpc) is 2.81. The van der Waals surface area contributed by atoms with Crippen molar-refractivity contribution in [3.63, 3.8) is 0 Å². The molecule has 0 radical (unpaired) electrons. The first-order valence-corrected chi connectivity index (χ1v) is 10.2. The highest BCUT2D eigenvalue weighted by atomic mass is 35.5. The molecule has 0 bridgehead atoms. The average molecular weight is 412 g/mol. The van der Waals surface area contributed by atoms with Crippen molar-refractivity contribution in [1.82, 2.24) is 15.0 Å².